The Morgan fingerprint density at radius 2 is 1.83 bits per heavy atom. The van der Waals surface area contributed by atoms with Crippen molar-refractivity contribution in [2.45, 2.75) is 11.7 Å². The van der Waals surface area contributed by atoms with Crippen molar-refractivity contribution in [1.29, 1.82) is 0 Å². The Morgan fingerprint density at radius 1 is 1.04 bits per heavy atom. The molecule has 7 nitrogen and oxygen atoms in total. The van der Waals surface area contributed by atoms with Crippen LogP contribution in [0, 0.1) is 0 Å². The van der Waals surface area contributed by atoms with E-state index in [2.05, 4.69) is 0 Å². The van der Waals surface area contributed by atoms with Gasteiger partial charge in [-0.05, 0) is 12.1 Å². The average Bonchev–Trinajstić information content (AvgIpc) is 3.14. The van der Waals surface area contributed by atoms with E-state index in [1.54, 1.807) is 18.2 Å². The Balaban J connectivity index is 1.66. The molecule has 2 atom stereocenters. The van der Waals surface area contributed by atoms with Crippen molar-refractivity contribution in [3.05, 3.63) is 35.4 Å². The highest BCUT2D eigenvalue weighted by Crippen LogP contribution is 2.57. The fraction of sp³-hybridized carbons (Fsp3) is 0.294. The summed E-state index contributed by atoms with van der Waals surface area (Å²) in [6.07, 6.45) is -0.673. The summed E-state index contributed by atoms with van der Waals surface area (Å²) in [5.74, 6) is 2.39. The van der Waals surface area contributed by atoms with Crippen LogP contribution in [0.3, 0.4) is 0 Å². The molecule has 0 spiro atoms. The van der Waals surface area contributed by atoms with Gasteiger partial charge in [0.1, 0.15) is 18.1 Å². The number of hydrogen-bond acceptors (Lipinski definition) is 7. The van der Waals surface area contributed by atoms with Gasteiger partial charge >= 0.3 is 0 Å². The smallest absolute Gasteiger partial charge is 0.231 e. The number of aliphatic hydroxyl groups is 1. The fourth-order valence-corrected chi connectivity index (χ4v) is 3.45. The normalized spacial score (nSPS) is 25.2. The SMILES string of the molecule is COc1cc2c(cc1O)OC[C@]1(O)c3cc4c(cc3O[C@H]21)OCO4. The number of methoxy groups -OCH3 is 1. The Kier molecular flexibility index (Phi) is 2.49. The molecule has 0 bridgehead atoms. The molecular formula is C17H14O7. The van der Waals surface area contributed by atoms with Gasteiger partial charge in [0, 0.05) is 23.3 Å². The van der Waals surface area contributed by atoms with Gasteiger partial charge in [-0.25, -0.2) is 0 Å². The van der Waals surface area contributed by atoms with Crippen LogP contribution in [0.25, 0.3) is 0 Å². The van der Waals surface area contributed by atoms with Crippen LogP contribution in [0.1, 0.15) is 17.2 Å². The van der Waals surface area contributed by atoms with Crippen LogP contribution in [0.4, 0.5) is 0 Å². The quantitative estimate of drug-likeness (QED) is 0.825. The number of rotatable bonds is 1. The fourth-order valence-electron chi connectivity index (χ4n) is 3.45. The monoisotopic (exact) mass is 330 g/mol. The minimum atomic E-state index is -1.36. The van der Waals surface area contributed by atoms with E-state index in [0.717, 1.165) is 0 Å². The van der Waals surface area contributed by atoms with Crippen molar-refractivity contribution in [2.24, 2.45) is 0 Å². The molecule has 0 saturated carbocycles. The summed E-state index contributed by atoms with van der Waals surface area (Å²) in [7, 11) is 1.46. The van der Waals surface area contributed by atoms with Gasteiger partial charge in [0.25, 0.3) is 0 Å². The first-order valence-corrected chi connectivity index (χ1v) is 7.47. The highest BCUT2D eigenvalue weighted by atomic mass is 16.7. The van der Waals surface area contributed by atoms with Crippen LogP contribution in [-0.2, 0) is 5.60 Å². The molecule has 3 aliphatic rings. The largest absolute Gasteiger partial charge is 0.504 e. The predicted molar refractivity (Wildman–Crippen MR) is 80.0 cm³/mol. The van der Waals surface area contributed by atoms with Crippen LogP contribution in [0.2, 0.25) is 0 Å². The Morgan fingerprint density at radius 3 is 2.62 bits per heavy atom. The molecule has 0 amide bonds. The van der Waals surface area contributed by atoms with Gasteiger partial charge in [-0.2, -0.15) is 0 Å². The lowest BCUT2D eigenvalue weighted by atomic mass is 9.84. The van der Waals surface area contributed by atoms with Crippen molar-refractivity contribution in [3.8, 4) is 34.5 Å². The minimum absolute atomic E-state index is 0.00305. The zero-order valence-corrected chi connectivity index (χ0v) is 12.7. The van der Waals surface area contributed by atoms with Gasteiger partial charge in [-0.1, -0.05) is 0 Å². The molecule has 2 aromatic rings. The maximum absolute atomic E-state index is 11.2. The molecule has 124 valence electrons. The third-order valence-corrected chi connectivity index (χ3v) is 4.66. The summed E-state index contributed by atoms with van der Waals surface area (Å²) in [4.78, 5) is 0. The molecule has 5 rings (SSSR count). The molecule has 0 unspecified atom stereocenters. The average molecular weight is 330 g/mol. The number of benzene rings is 2. The van der Waals surface area contributed by atoms with Crippen LogP contribution in [0.5, 0.6) is 34.5 Å². The highest BCUT2D eigenvalue weighted by molar-refractivity contribution is 5.60. The molecule has 7 heteroatoms. The second kappa shape index (κ2) is 4.39. The molecule has 0 saturated heterocycles. The van der Waals surface area contributed by atoms with E-state index in [4.69, 9.17) is 23.7 Å². The molecule has 0 aliphatic carbocycles. The zero-order chi connectivity index (χ0) is 16.5. The van der Waals surface area contributed by atoms with Gasteiger partial charge in [0.2, 0.25) is 6.79 Å². The lowest BCUT2D eigenvalue weighted by molar-refractivity contribution is -0.0865. The molecule has 2 aromatic carbocycles. The Bertz CT molecular complexity index is 863. The summed E-state index contributed by atoms with van der Waals surface area (Å²) in [6, 6.07) is 6.52. The lowest BCUT2D eigenvalue weighted by Gasteiger charge is -2.35. The molecule has 0 aromatic heterocycles. The molecule has 24 heavy (non-hydrogen) atoms. The van der Waals surface area contributed by atoms with Gasteiger partial charge in [-0.15, -0.1) is 0 Å². The topological polar surface area (TPSA) is 86.6 Å². The number of ether oxygens (including phenoxy) is 5. The summed E-state index contributed by atoms with van der Waals surface area (Å²) < 4.78 is 27.6. The Hall–Kier alpha value is -2.80. The Labute approximate surface area is 136 Å². The summed E-state index contributed by atoms with van der Waals surface area (Å²) in [5.41, 5.74) is -0.156. The van der Waals surface area contributed by atoms with Gasteiger partial charge < -0.3 is 33.9 Å². The first-order valence-electron chi connectivity index (χ1n) is 7.47. The van der Waals surface area contributed by atoms with E-state index >= 15 is 0 Å². The van der Waals surface area contributed by atoms with Gasteiger partial charge in [-0.3, -0.25) is 0 Å². The van der Waals surface area contributed by atoms with Crippen molar-refractivity contribution in [2.75, 3.05) is 20.5 Å². The van der Waals surface area contributed by atoms with E-state index in [9.17, 15) is 10.2 Å². The van der Waals surface area contributed by atoms with Crippen molar-refractivity contribution in [1.82, 2.24) is 0 Å². The lowest BCUT2D eigenvalue weighted by Crippen LogP contribution is -2.41. The molecular weight excluding hydrogens is 316 g/mol. The summed E-state index contributed by atoms with van der Waals surface area (Å²) in [6.45, 7) is 0.152. The zero-order valence-electron chi connectivity index (χ0n) is 12.7. The standard InChI is InChI=1S/C17H14O7/c1-20-13-2-8-11(4-10(13)18)21-6-17(19)9-3-14-15(23-7-22-14)5-12(9)24-16(8)17/h2-5,16,18-19H,6-7H2,1H3/t16-,17+/m1/s1. The van der Waals surface area contributed by atoms with E-state index in [1.807, 2.05) is 0 Å². The van der Waals surface area contributed by atoms with Gasteiger partial charge in [0.05, 0.1) is 7.11 Å². The molecule has 3 aliphatic heterocycles. The minimum Gasteiger partial charge on any atom is -0.504 e. The van der Waals surface area contributed by atoms with Gasteiger partial charge in [0.15, 0.2) is 34.7 Å². The maximum Gasteiger partial charge on any atom is 0.231 e. The molecule has 0 radical (unpaired) electrons. The van der Waals surface area contributed by atoms with E-state index in [0.29, 0.717) is 34.1 Å². The van der Waals surface area contributed by atoms with Crippen LogP contribution in [-0.4, -0.2) is 30.7 Å². The number of fused-ring (bicyclic) bond motifs is 6. The summed E-state index contributed by atoms with van der Waals surface area (Å²) >= 11 is 0. The second-order valence-corrected chi connectivity index (χ2v) is 5.97. The maximum atomic E-state index is 11.2. The van der Waals surface area contributed by atoms with E-state index in [1.165, 1.54) is 13.2 Å². The number of phenols is 1. The molecule has 0 fully saturated rings. The first-order chi connectivity index (χ1) is 11.6. The third kappa shape index (κ3) is 1.59. The van der Waals surface area contributed by atoms with E-state index in [-0.39, 0.29) is 24.9 Å². The number of aromatic hydroxyl groups is 1. The third-order valence-electron chi connectivity index (χ3n) is 4.66. The van der Waals surface area contributed by atoms with Crippen molar-refractivity contribution < 1.29 is 33.9 Å². The van der Waals surface area contributed by atoms with Crippen LogP contribution < -0.4 is 23.7 Å². The first kappa shape index (κ1) is 13.6. The van der Waals surface area contributed by atoms with Crippen LogP contribution in [0.15, 0.2) is 24.3 Å². The second-order valence-electron chi connectivity index (χ2n) is 5.97. The predicted octanol–water partition coefficient (Wildman–Crippen LogP) is 1.84. The number of phenolic OH excluding ortho intramolecular Hbond substituents is 1. The highest BCUT2D eigenvalue weighted by Gasteiger charge is 2.54. The van der Waals surface area contributed by atoms with Crippen molar-refractivity contribution >= 4 is 0 Å². The van der Waals surface area contributed by atoms with E-state index < -0.39 is 11.7 Å². The van der Waals surface area contributed by atoms with Crippen LogP contribution >= 0.6 is 0 Å². The number of hydrogen-bond donors (Lipinski definition) is 2. The molecule has 3 heterocycles. The summed E-state index contributed by atoms with van der Waals surface area (Å²) in [5, 5.41) is 21.1. The van der Waals surface area contributed by atoms with Crippen molar-refractivity contribution in [3.63, 3.8) is 0 Å². The molecule has 2 N–H and O–H groups in total.